The average Bonchev–Trinajstić information content (AvgIpc) is 2.97. The van der Waals surface area contributed by atoms with Crippen molar-refractivity contribution in [3.63, 3.8) is 0 Å². The second-order valence-electron chi connectivity index (χ2n) is 5.86. The summed E-state index contributed by atoms with van der Waals surface area (Å²) in [7, 11) is 0. The predicted molar refractivity (Wildman–Crippen MR) is 106 cm³/mol. The summed E-state index contributed by atoms with van der Waals surface area (Å²) in [5.41, 5.74) is 3.64. The van der Waals surface area contributed by atoms with Crippen LogP contribution in [0, 0.1) is 0 Å². The maximum Gasteiger partial charge on any atom is 0.295 e. The molecule has 1 atom stereocenters. The first kappa shape index (κ1) is 16.4. The monoisotopic (exact) mass is 360 g/mol. The van der Waals surface area contributed by atoms with Gasteiger partial charge in [-0.3, -0.25) is 9.59 Å². The van der Waals surface area contributed by atoms with Crippen molar-refractivity contribution in [3.05, 3.63) is 84.9 Å². The highest BCUT2D eigenvalue weighted by Crippen LogP contribution is 2.32. The topological polar surface area (TPSA) is 49.4 Å². The summed E-state index contributed by atoms with van der Waals surface area (Å²) in [5, 5.41) is 2.27. The Balaban J connectivity index is 1.49. The van der Waals surface area contributed by atoms with Crippen molar-refractivity contribution in [1.82, 2.24) is 0 Å². The fourth-order valence-electron chi connectivity index (χ4n) is 2.85. The van der Waals surface area contributed by atoms with E-state index in [0.717, 1.165) is 28.6 Å². The van der Waals surface area contributed by atoms with E-state index >= 15 is 0 Å². The van der Waals surface area contributed by atoms with Crippen molar-refractivity contribution in [2.45, 2.75) is 5.37 Å². The number of hydrogen-bond donors (Lipinski definition) is 1. The van der Waals surface area contributed by atoms with Gasteiger partial charge in [0.2, 0.25) is 0 Å². The Morgan fingerprint density at radius 3 is 1.96 bits per heavy atom. The highest BCUT2D eigenvalue weighted by atomic mass is 32.2. The normalized spacial score (nSPS) is 16.8. The molecule has 0 aromatic heterocycles. The number of rotatable bonds is 4. The van der Waals surface area contributed by atoms with Crippen LogP contribution in [-0.4, -0.2) is 16.5 Å². The minimum atomic E-state index is -0.620. The molecule has 0 aliphatic carbocycles. The second kappa shape index (κ2) is 7.06. The van der Waals surface area contributed by atoms with Gasteiger partial charge in [-0.15, -0.1) is 0 Å². The van der Waals surface area contributed by atoms with E-state index in [1.54, 1.807) is 12.1 Å². The van der Waals surface area contributed by atoms with Crippen molar-refractivity contribution in [1.29, 1.82) is 0 Å². The van der Waals surface area contributed by atoms with Gasteiger partial charge in [0.05, 0.1) is 5.69 Å². The highest BCUT2D eigenvalue weighted by molar-refractivity contribution is 8.16. The molecular weight excluding hydrogens is 344 g/mol. The third kappa shape index (κ3) is 3.21. The zero-order valence-electron chi connectivity index (χ0n) is 13.8. The predicted octanol–water partition coefficient (Wildman–Crippen LogP) is 4.99. The number of nitrogens with one attached hydrogen (secondary N) is 1. The van der Waals surface area contributed by atoms with Crippen LogP contribution in [0.3, 0.4) is 0 Å². The molecule has 1 N–H and O–H groups in total. The van der Waals surface area contributed by atoms with E-state index < -0.39 is 5.37 Å². The molecule has 2 amide bonds. The van der Waals surface area contributed by atoms with Gasteiger partial charge in [-0.05, 0) is 47.2 Å². The second-order valence-corrected chi connectivity index (χ2v) is 6.92. The van der Waals surface area contributed by atoms with Gasteiger partial charge in [0.25, 0.3) is 11.1 Å². The Labute approximate surface area is 155 Å². The summed E-state index contributed by atoms with van der Waals surface area (Å²) in [6, 6.07) is 26.9. The number of nitrogens with zero attached hydrogens (tertiary/aromatic N) is 1. The summed E-state index contributed by atoms with van der Waals surface area (Å²) in [5.74, 6) is -0.252. The first-order valence-electron chi connectivity index (χ1n) is 8.24. The van der Waals surface area contributed by atoms with E-state index in [4.69, 9.17) is 0 Å². The Hall–Kier alpha value is -3.05. The summed E-state index contributed by atoms with van der Waals surface area (Å²) in [6.07, 6.45) is 0. The number of para-hydroxylation sites is 1. The van der Waals surface area contributed by atoms with Gasteiger partial charge < -0.3 is 5.32 Å². The van der Waals surface area contributed by atoms with Crippen LogP contribution in [0.15, 0.2) is 84.9 Å². The van der Waals surface area contributed by atoms with Gasteiger partial charge in [-0.1, -0.05) is 60.7 Å². The Bertz CT molecular complexity index is 927. The smallest absolute Gasteiger partial charge is 0.295 e. The maximum absolute atomic E-state index is 12.6. The van der Waals surface area contributed by atoms with E-state index in [-0.39, 0.29) is 11.1 Å². The highest BCUT2D eigenvalue weighted by Gasteiger charge is 2.40. The number of imide groups is 1. The van der Waals surface area contributed by atoms with Crippen molar-refractivity contribution in [3.8, 4) is 11.1 Å². The molecule has 1 heterocycles. The largest absolute Gasteiger partial charge is 0.365 e. The van der Waals surface area contributed by atoms with E-state index in [1.807, 2.05) is 60.7 Å². The molecule has 0 spiro atoms. The van der Waals surface area contributed by atoms with Gasteiger partial charge in [0, 0.05) is 5.69 Å². The SMILES string of the molecule is O=C1SC(Nc2ccc(-c3ccccc3)cc2)C(=O)N1c1ccccc1. The van der Waals surface area contributed by atoms with Crippen LogP contribution >= 0.6 is 11.8 Å². The molecular formula is C21H16N2O2S. The van der Waals surface area contributed by atoms with Gasteiger partial charge in [-0.2, -0.15) is 0 Å². The van der Waals surface area contributed by atoms with Gasteiger partial charge in [-0.25, -0.2) is 4.90 Å². The van der Waals surface area contributed by atoms with Gasteiger partial charge >= 0.3 is 0 Å². The van der Waals surface area contributed by atoms with E-state index in [2.05, 4.69) is 17.4 Å². The van der Waals surface area contributed by atoms with E-state index in [9.17, 15) is 9.59 Å². The minimum absolute atomic E-state index is 0.252. The first-order chi connectivity index (χ1) is 12.7. The zero-order chi connectivity index (χ0) is 17.9. The molecule has 1 fully saturated rings. The van der Waals surface area contributed by atoms with Crippen molar-refractivity contribution in [2.75, 3.05) is 10.2 Å². The molecule has 1 aliphatic rings. The van der Waals surface area contributed by atoms with Crippen LogP contribution in [-0.2, 0) is 4.79 Å². The molecule has 26 heavy (non-hydrogen) atoms. The van der Waals surface area contributed by atoms with Crippen molar-refractivity contribution >= 4 is 34.3 Å². The number of hydrogen-bond acceptors (Lipinski definition) is 4. The van der Waals surface area contributed by atoms with E-state index in [1.165, 1.54) is 4.90 Å². The Kier molecular flexibility index (Phi) is 4.46. The zero-order valence-corrected chi connectivity index (χ0v) is 14.6. The Morgan fingerprint density at radius 2 is 1.31 bits per heavy atom. The lowest BCUT2D eigenvalue weighted by molar-refractivity contribution is -0.116. The first-order valence-corrected chi connectivity index (χ1v) is 9.12. The third-order valence-corrected chi connectivity index (χ3v) is 5.09. The van der Waals surface area contributed by atoms with Crippen LogP contribution < -0.4 is 10.2 Å². The average molecular weight is 360 g/mol. The fraction of sp³-hybridized carbons (Fsp3) is 0.0476. The molecule has 128 valence electrons. The van der Waals surface area contributed by atoms with Crippen LogP contribution in [0.5, 0.6) is 0 Å². The van der Waals surface area contributed by atoms with Crippen LogP contribution in [0.2, 0.25) is 0 Å². The summed E-state index contributed by atoms with van der Waals surface area (Å²) >= 11 is 0.998. The number of carbonyl (C=O) groups is 2. The minimum Gasteiger partial charge on any atom is -0.365 e. The molecule has 5 heteroatoms. The molecule has 1 aliphatic heterocycles. The summed E-state index contributed by atoms with van der Waals surface area (Å²) < 4.78 is 0. The molecule has 3 aromatic rings. The standard InChI is InChI=1S/C21H16N2O2S/c24-20-19(26-21(25)23(20)18-9-5-2-6-10-18)22-17-13-11-16(12-14-17)15-7-3-1-4-8-15/h1-14,19,22H. The summed E-state index contributed by atoms with van der Waals surface area (Å²) in [4.78, 5) is 26.1. The molecule has 3 aromatic carbocycles. The Morgan fingerprint density at radius 1 is 0.731 bits per heavy atom. The molecule has 4 rings (SSSR count). The van der Waals surface area contributed by atoms with Crippen molar-refractivity contribution in [2.24, 2.45) is 0 Å². The number of benzene rings is 3. The molecule has 0 bridgehead atoms. The lowest BCUT2D eigenvalue weighted by Gasteiger charge is -2.15. The fourth-order valence-corrected chi connectivity index (χ4v) is 3.76. The lowest BCUT2D eigenvalue weighted by Crippen LogP contribution is -2.34. The maximum atomic E-state index is 12.6. The number of thioether (sulfide) groups is 1. The quantitative estimate of drug-likeness (QED) is 0.712. The number of amides is 2. The summed E-state index contributed by atoms with van der Waals surface area (Å²) in [6.45, 7) is 0. The van der Waals surface area contributed by atoms with Crippen LogP contribution in [0.1, 0.15) is 0 Å². The van der Waals surface area contributed by atoms with Crippen molar-refractivity contribution < 1.29 is 9.59 Å². The molecule has 0 radical (unpaired) electrons. The molecule has 1 unspecified atom stereocenters. The van der Waals surface area contributed by atoms with E-state index in [0.29, 0.717) is 5.69 Å². The lowest BCUT2D eigenvalue weighted by atomic mass is 10.1. The molecule has 0 saturated carbocycles. The van der Waals surface area contributed by atoms with Gasteiger partial charge in [0.15, 0.2) is 5.37 Å². The molecule has 4 nitrogen and oxygen atoms in total. The molecule has 1 saturated heterocycles. The van der Waals surface area contributed by atoms with Crippen LogP contribution in [0.4, 0.5) is 16.2 Å². The third-order valence-electron chi connectivity index (χ3n) is 4.15. The van der Waals surface area contributed by atoms with Gasteiger partial charge in [0.1, 0.15) is 0 Å². The number of carbonyl (C=O) groups excluding carboxylic acids is 2. The van der Waals surface area contributed by atoms with Crippen LogP contribution in [0.25, 0.3) is 11.1 Å². The number of anilines is 2.